The van der Waals surface area contributed by atoms with Crippen molar-refractivity contribution >= 4 is 23.2 Å². The number of halogens is 1. The lowest BCUT2D eigenvalue weighted by atomic mass is 10.0. The van der Waals surface area contributed by atoms with Gasteiger partial charge in [0, 0.05) is 5.69 Å². The van der Waals surface area contributed by atoms with Crippen LogP contribution in [-0.4, -0.2) is 17.6 Å². The Morgan fingerprint density at radius 2 is 2.00 bits per heavy atom. The molecule has 0 aliphatic heterocycles. The maximum Gasteiger partial charge on any atom is 0.262 e. The third kappa shape index (κ3) is 4.63. The van der Waals surface area contributed by atoms with Crippen molar-refractivity contribution < 1.29 is 14.6 Å². The van der Waals surface area contributed by atoms with Crippen LogP contribution in [0.1, 0.15) is 30.9 Å². The molecule has 0 saturated heterocycles. The standard InChI is InChI=1S/C18H20ClNO3/c1-11(2)14-6-4-12(3)8-17(14)23-10-18(22)20-13-5-7-16(21)15(19)9-13/h4-9,11,21H,10H2,1-3H3,(H,20,22). The number of anilines is 1. The van der Waals surface area contributed by atoms with Crippen molar-refractivity contribution in [1.29, 1.82) is 0 Å². The van der Waals surface area contributed by atoms with E-state index in [1.54, 1.807) is 6.07 Å². The molecule has 0 fully saturated rings. The summed E-state index contributed by atoms with van der Waals surface area (Å²) in [4.78, 5) is 12.0. The number of carbonyl (C=O) groups is 1. The Morgan fingerprint density at radius 1 is 1.26 bits per heavy atom. The highest BCUT2D eigenvalue weighted by molar-refractivity contribution is 6.32. The number of benzene rings is 2. The molecule has 2 aromatic rings. The van der Waals surface area contributed by atoms with E-state index in [2.05, 4.69) is 19.2 Å². The fourth-order valence-electron chi connectivity index (χ4n) is 2.17. The summed E-state index contributed by atoms with van der Waals surface area (Å²) in [5, 5.41) is 12.2. The number of amides is 1. The number of hydrogen-bond acceptors (Lipinski definition) is 3. The summed E-state index contributed by atoms with van der Waals surface area (Å²) in [5.74, 6) is 0.716. The number of carbonyl (C=O) groups excluding carboxylic acids is 1. The van der Waals surface area contributed by atoms with E-state index in [4.69, 9.17) is 16.3 Å². The molecule has 0 spiro atoms. The fourth-order valence-corrected chi connectivity index (χ4v) is 2.35. The number of phenolic OH excluding ortho intramolecular Hbond substituents is 1. The minimum absolute atomic E-state index is 0.0257. The number of ether oxygens (including phenoxy) is 1. The molecule has 2 rings (SSSR count). The molecule has 2 aromatic carbocycles. The summed E-state index contributed by atoms with van der Waals surface area (Å²) in [6, 6.07) is 10.5. The predicted octanol–water partition coefficient (Wildman–Crippen LogP) is 4.49. The van der Waals surface area contributed by atoms with E-state index in [-0.39, 0.29) is 23.3 Å². The number of aromatic hydroxyl groups is 1. The average Bonchev–Trinajstić information content (AvgIpc) is 2.48. The van der Waals surface area contributed by atoms with Gasteiger partial charge >= 0.3 is 0 Å². The normalized spacial score (nSPS) is 10.7. The highest BCUT2D eigenvalue weighted by Crippen LogP contribution is 2.28. The first-order valence-corrected chi connectivity index (χ1v) is 7.76. The van der Waals surface area contributed by atoms with E-state index in [0.29, 0.717) is 11.6 Å². The SMILES string of the molecule is Cc1ccc(C(C)C)c(OCC(=O)Nc2ccc(O)c(Cl)c2)c1. The van der Waals surface area contributed by atoms with Crippen LogP contribution in [-0.2, 0) is 4.79 Å². The molecular weight excluding hydrogens is 314 g/mol. The number of rotatable bonds is 5. The van der Waals surface area contributed by atoms with Gasteiger partial charge in [-0.1, -0.05) is 37.6 Å². The van der Waals surface area contributed by atoms with Gasteiger partial charge in [0.05, 0.1) is 5.02 Å². The summed E-state index contributed by atoms with van der Waals surface area (Å²) >= 11 is 5.81. The van der Waals surface area contributed by atoms with Crippen LogP contribution < -0.4 is 10.1 Å². The van der Waals surface area contributed by atoms with E-state index in [9.17, 15) is 9.90 Å². The molecule has 0 radical (unpaired) electrons. The highest BCUT2D eigenvalue weighted by atomic mass is 35.5. The van der Waals surface area contributed by atoms with Gasteiger partial charge in [-0.2, -0.15) is 0 Å². The molecule has 2 N–H and O–H groups in total. The van der Waals surface area contributed by atoms with Crippen LogP contribution in [0.3, 0.4) is 0 Å². The van der Waals surface area contributed by atoms with Gasteiger partial charge in [-0.3, -0.25) is 4.79 Å². The van der Waals surface area contributed by atoms with Crippen LogP contribution in [0.15, 0.2) is 36.4 Å². The molecule has 0 aromatic heterocycles. The molecule has 0 saturated carbocycles. The van der Waals surface area contributed by atoms with E-state index < -0.39 is 0 Å². The summed E-state index contributed by atoms with van der Waals surface area (Å²) in [5.41, 5.74) is 2.65. The van der Waals surface area contributed by atoms with Crippen molar-refractivity contribution in [3.8, 4) is 11.5 Å². The van der Waals surface area contributed by atoms with Crippen LogP contribution >= 0.6 is 11.6 Å². The zero-order valence-electron chi connectivity index (χ0n) is 13.4. The van der Waals surface area contributed by atoms with Gasteiger partial charge in [0.25, 0.3) is 5.91 Å². The molecule has 1 amide bonds. The third-order valence-corrected chi connectivity index (χ3v) is 3.68. The van der Waals surface area contributed by atoms with Crippen LogP contribution in [0, 0.1) is 6.92 Å². The first-order chi connectivity index (χ1) is 10.9. The number of hydrogen-bond donors (Lipinski definition) is 2. The minimum atomic E-state index is -0.289. The smallest absolute Gasteiger partial charge is 0.262 e. The van der Waals surface area contributed by atoms with Crippen molar-refractivity contribution in [3.05, 3.63) is 52.5 Å². The average molecular weight is 334 g/mol. The molecular formula is C18H20ClNO3. The van der Waals surface area contributed by atoms with Crippen LogP contribution in [0.25, 0.3) is 0 Å². The third-order valence-electron chi connectivity index (χ3n) is 3.38. The quantitative estimate of drug-likeness (QED) is 0.792. The largest absolute Gasteiger partial charge is 0.506 e. The van der Waals surface area contributed by atoms with Gasteiger partial charge in [-0.15, -0.1) is 0 Å². The van der Waals surface area contributed by atoms with Gasteiger partial charge in [-0.25, -0.2) is 0 Å². The van der Waals surface area contributed by atoms with E-state index in [0.717, 1.165) is 16.9 Å². The van der Waals surface area contributed by atoms with Gasteiger partial charge in [0.2, 0.25) is 0 Å². The first kappa shape index (κ1) is 17.2. The Bertz CT molecular complexity index is 713. The molecule has 0 atom stereocenters. The first-order valence-electron chi connectivity index (χ1n) is 7.38. The second-order valence-electron chi connectivity index (χ2n) is 5.70. The Morgan fingerprint density at radius 3 is 2.65 bits per heavy atom. The molecule has 0 bridgehead atoms. The van der Waals surface area contributed by atoms with Gasteiger partial charge in [0.1, 0.15) is 11.5 Å². The lowest BCUT2D eigenvalue weighted by Gasteiger charge is -2.15. The number of nitrogens with one attached hydrogen (secondary N) is 1. The Hall–Kier alpha value is -2.20. The van der Waals surface area contributed by atoms with Crippen molar-refractivity contribution in [2.24, 2.45) is 0 Å². The molecule has 5 heteroatoms. The molecule has 0 heterocycles. The van der Waals surface area contributed by atoms with Gasteiger partial charge in [0.15, 0.2) is 6.61 Å². The Kier molecular flexibility index (Phi) is 5.50. The molecule has 0 aliphatic carbocycles. The molecule has 122 valence electrons. The van der Waals surface area contributed by atoms with Crippen LogP contribution in [0.2, 0.25) is 5.02 Å². The van der Waals surface area contributed by atoms with E-state index >= 15 is 0 Å². The van der Waals surface area contributed by atoms with Crippen molar-refractivity contribution in [2.45, 2.75) is 26.7 Å². The summed E-state index contributed by atoms with van der Waals surface area (Å²) in [6.45, 7) is 6.04. The maximum absolute atomic E-state index is 12.0. The monoisotopic (exact) mass is 333 g/mol. The number of aryl methyl sites for hydroxylation is 1. The predicted molar refractivity (Wildman–Crippen MR) is 92.5 cm³/mol. The van der Waals surface area contributed by atoms with Gasteiger partial charge in [-0.05, 0) is 48.2 Å². The van der Waals surface area contributed by atoms with Crippen LogP contribution in [0.4, 0.5) is 5.69 Å². The van der Waals surface area contributed by atoms with Crippen molar-refractivity contribution in [3.63, 3.8) is 0 Å². The van der Waals surface area contributed by atoms with Crippen LogP contribution in [0.5, 0.6) is 11.5 Å². The van der Waals surface area contributed by atoms with E-state index in [1.165, 1.54) is 12.1 Å². The highest BCUT2D eigenvalue weighted by Gasteiger charge is 2.11. The second kappa shape index (κ2) is 7.38. The number of phenols is 1. The second-order valence-corrected chi connectivity index (χ2v) is 6.11. The Balaban J connectivity index is 2.01. The molecule has 0 unspecified atom stereocenters. The zero-order valence-corrected chi connectivity index (χ0v) is 14.1. The minimum Gasteiger partial charge on any atom is -0.506 e. The topological polar surface area (TPSA) is 58.6 Å². The summed E-state index contributed by atoms with van der Waals surface area (Å²) in [6.07, 6.45) is 0. The molecule has 4 nitrogen and oxygen atoms in total. The Labute approximate surface area is 141 Å². The maximum atomic E-state index is 12.0. The zero-order chi connectivity index (χ0) is 17.0. The van der Waals surface area contributed by atoms with Gasteiger partial charge < -0.3 is 15.2 Å². The molecule has 23 heavy (non-hydrogen) atoms. The van der Waals surface area contributed by atoms with E-state index in [1.807, 2.05) is 25.1 Å². The summed E-state index contributed by atoms with van der Waals surface area (Å²) < 4.78 is 5.67. The fraction of sp³-hybridized carbons (Fsp3) is 0.278. The van der Waals surface area contributed by atoms with Crippen molar-refractivity contribution in [1.82, 2.24) is 0 Å². The lowest BCUT2D eigenvalue weighted by Crippen LogP contribution is -2.20. The van der Waals surface area contributed by atoms with Crippen molar-refractivity contribution in [2.75, 3.05) is 11.9 Å². The molecule has 0 aliphatic rings. The lowest BCUT2D eigenvalue weighted by molar-refractivity contribution is -0.118. The summed E-state index contributed by atoms with van der Waals surface area (Å²) in [7, 11) is 0.